The molecule has 2 aliphatic rings. The molecule has 0 bridgehead atoms. The zero-order valence-corrected chi connectivity index (χ0v) is 12.4. The topological polar surface area (TPSA) is 53.6 Å². The number of nitrogens with zero attached hydrogens (tertiary/aromatic N) is 2. The predicted molar refractivity (Wildman–Crippen MR) is 81.3 cm³/mol. The second-order valence-corrected chi connectivity index (χ2v) is 6.19. The SMILES string of the molecule is CCCN1CCC(CNC(N)=NCC2CCC2)CC1. The van der Waals surface area contributed by atoms with Crippen molar-refractivity contribution >= 4 is 5.96 Å². The molecule has 110 valence electrons. The highest BCUT2D eigenvalue weighted by Gasteiger charge is 2.19. The second kappa shape index (κ2) is 7.73. The summed E-state index contributed by atoms with van der Waals surface area (Å²) in [6.45, 7) is 7.93. The highest BCUT2D eigenvalue weighted by molar-refractivity contribution is 5.77. The Morgan fingerprint density at radius 2 is 1.95 bits per heavy atom. The standard InChI is InChI=1S/C15H30N4/c1-2-8-19-9-6-14(7-10-19)12-18-15(16)17-11-13-4-3-5-13/h13-14H,2-12H2,1H3,(H3,16,17,18). The van der Waals surface area contributed by atoms with Crippen LogP contribution >= 0.6 is 0 Å². The van der Waals surface area contributed by atoms with Gasteiger partial charge in [0.25, 0.3) is 0 Å². The molecule has 4 heteroatoms. The highest BCUT2D eigenvalue weighted by atomic mass is 15.1. The van der Waals surface area contributed by atoms with Crippen LogP contribution in [0.4, 0.5) is 0 Å². The third-order valence-corrected chi connectivity index (χ3v) is 4.56. The fourth-order valence-corrected chi connectivity index (χ4v) is 2.94. The van der Waals surface area contributed by atoms with E-state index < -0.39 is 0 Å². The van der Waals surface area contributed by atoms with Crippen molar-refractivity contribution in [3.8, 4) is 0 Å². The Kier molecular flexibility index (Phi) is 5.95. The number of rotatable bonds is 6. The molecule has 0 radical (unpaired) electrons. The van der Waals surface area contributed by atoms with Gasteiger partial charge in [0.1, 0.15) is 0 Å². The van der Waals surface area contributed by atoms with E-state index in [1.165, 1.54) is 58.2 Å². The molecule has 1 heterocycles. The number of aliphatic imine (C=N–C) groups is 1. The molecule has 1 aliphatic carbocycles. The summed E-state index contributed by atoms with van der Waals surface area (Å²) in [7, 11) is 0. The van der Waals surface area contributed by atoms with E-state index >= 15 is 0 Å². The molecular formula is C15H30N4. The Hall–Kier alpha value is -0.770. The molecule has 0 spiro atoms. The van der Waals surface area contributed by atoms with Gasteiger partial charge in [0.05, 0.1) is 0 Å². The van der Waals surface area contributed by atoms with E-state index in [1.54, 1.807) is 0 Å². The van der Waals surface area contributed by atoms with Gasteiger partial charge in [-0.2, -0.15) is 0 Å². The van der Waals surface area contributed by atoms with Crippen molar-refractivity contribution in [3.05, 3.63) is 0 Å². The molecule has 3 N–H and O–H groups in total. The molecular weight excluding hydrogens is 236 g/mol. The first-order valence-corrected chi connectivity index (χ1v) is 8.04. The average molecular weight is 266 g/mol. The van der Waals surface area contributed by atoms with Gasteiger partial charge in [-0.1, -0.05) is 13.3 Å². The van der Waals surface area contributed by atoms with Crippen LogP contribution in [0.2, 0.25) is 0 Å². The summed E-state index contributed by atoms with van der Waals surface area (Å²) in [5, 5.41) is 3.31. The third-order valence-electron chi connectivity index (χ3n) is 4.56. The fourth-order valence-electron chi connectivity index (χ4n) is 2.94. The van der Waals surface area contributed by atoms with E-state index in [0.29, 0.717) is 5.96 Å². The summed E-state index contributed by atoms with van der Waals surface area (Å²) < 4.78 is 0. The lowest BCUT2D eigenvalue weighted by molar-refractivity contribution is 0.185. The lowest BCUT2D eigenvalue weighted by Gasteiger charge is -2.31. The van der Waals surface area contributed by atoms with Crippen LogP contribution in [-0.4, -0.2) is 43.6 Å². The number of nitrogens with one attached hydrogen (secondary N) is 1. The van der Waals surface area contributed by atoms with Crippen molar-refractivity contribution < 1.29 is 0 Å². The monoisotopic (exact) mass is 266 g/mol. The summed E-state index contributed by atoms with van der Waals surface area (Å²) in [5.41, 5.74) is 5.92. The molecule has 2 fully saturated rings. The molecule has 1 aliphatic heterocycles. The van der Waals surface area contributed by atoms with Gasteiger partial charge < -0.3 is 16.0 Å². The minimum Gasteiger partial charge on any atom is -0.370 e. The van der Waals surface area contributed by atoms with Gasteiger partial charge in [-0.3, -0.25) is 4.99 Å². The Morgan fingerprint density at radius 1 is 1.21 bits per heavy atom. The largest absolute Gasteiger partial charge is 0.370 e. The Labute approximate surface area is 117 Å². The van der Waals surface area contributed by atoms with Crippen molar-refractivity contribution in [3.63, 3.8) is 0 Å². The lowest BCUT2D eigenvalue weighted by Crippen LogP contribution is -2.41. The van der Waals surface area contributed by atoms with Crippen LogP contribution < -0.4 is 11.1 Å². The molecule has 0 unspecified atom stereocenters. The van der Waals surface area contributed by atoms with Gasteiger partial charge >= 0.3 is 0 Å². The number of nitrogens with two attached hydrogens (primary N) is 1. The minimum absolute atomic E-state index is 0.655. The third kappa shape index (κ3) is 5.01. The van der Waals surface area contributed by atoms with Crippen LogP contribution in [0, 0.1) is 11.8 Å². The fraction of sp³-hybridized carbons (Fsp3) is 0.933. The molecule has 1 saturated heterocycles. The van der Waals surface area contributed by atoms with E-state index in [4.69, 9.17) is 5.73 Å². The first-order valence-electron chi connectivity index (χ1n) is 8.04. The van der Waals surface area contributed by atoms with Crippen LogP contribution in [0.5, 0.6) is 0 Å². The first kappa shape index (κ1) is 14.6. The van der Waals surface area contributed by atoms with Gasteiger partial charge in [-0.05, 0) is 63.6 Å². The molecule has 0 aromatic carbocycles. The molecule has 19 heavy (non-hydrogen) atoms. The number of hydrogen-bond donors (Lipinski definition) is 2. The highest BCUT2D eigenvalue weighted by Crippen LogP contribution is 2.26. The molecule has 4 nitrogen and oxygen atoms in total. The smallest absolute Gasteiger partial charge is 0.188 e. The van der Waals surface area contributed by atoms with Crippen molar-refractivity contribution in [2.45, 2.75) is 45.4 Å². The summed E-state index contributed by atoms with van der Waals surface area (Å²) in [6.07, 6.45) is 7.92. The van der Waals surface area contributed by atoms with E-state index in [2.05, 4.69) is 22.1 Å². The maximum atomic E-state index is 5.92. The van der Waals surface area contributed by atoms with Crippen molar-refractivity contribution in [1.82, 2.24) is 10.2 Å². The van der Waals surface area contributed by atoms with E-state index in [-0.39, 0.29) is 0 Å². The van der Waals surface area contributed by atoms with Crippen molar-refractivity contribution in [2.75, 3.05) is 32.7 Å². The molecule has 0 amide bonds. The van der Waals surface area contributed by atoms with Crippen molar-refractivity contribution in [2.24, 2.45) is 22.6 Å². The summed E-state index contributed by atoms with van der Waals surface area (Å²) in [4.78, 5) is 7.02. The van der Waals surface area contributed by atoms with Crippen LogP contribution in [0.25, 0.3) is 0 Å². The first-order chi connectivity index (χ1) is 9.28. The Morgan fingerprint density at radius 3 is 2.53 bits per heavy atom. The van der Waals surface area contributed by atoms with Gasteiger partial charge in [0.2, 0.25) is 0 Å². The molecule has 0 aromatic rings. The predicted octanol–water partition coefficient (Wildman–Crippen LogP) is 1.81. The minimum atomic E-state index is 0.655. The van der Waals surface area contributed by atoms with E-state index in [1.807, 2.05) is 0 Å². The van der Waals surface area contributed by atoms with Gasteiger partial charge in [-0.25, -0.2) is 0 Å². The van der Waals surface area contributed by atoms with E-state index in [0.717, 1.165) is 24.9 Å². The molecule has 0 atom stereocenters. The van der Waals surface area contributed by atoms with Gasteiger partial charge in [0, 0.05) is 13.1 Å². The quantitative estimate of drug-likeness (QED) is 0.569. The van der Waals surface area contributed by atoms with Crippen LogP contribution in [0.3, 0.4) is 0 Å². The number of piperidine rings is 1. The summed E-state index contributed by atoms with van der Waals surface area (Å²) in [6, 6.07) is 0. The second-order valence-electron chi connectivity index (χ2n) is 6.19. The number of likely N-dealkylation sites (tertiary alicyclic amines) is 1. The maximum absolute atomic E-state index is 5.92. The van der Waals surface area contributed by atoms with Crippen molar-refractivity contribution in [1.29, 1.82) is 0 Å². The average Bonchev–Trinajstić information content (AvgIpc) is 2.36. The zero-order chi connectivity index (χ0) is 13.5. The zero-order valence-electron chi connectivity index (χ0n) is 12.4. The van der Waals surface area contributed by atoms with Crippen LogP contribution in [0.1, 0.15) is 45.4 Å². The molecule has 0 aromatic heterocycles. The van der Waals surface area contributed by atoms with Crippen LogP contribution in [0.15, 0.2) is 4.99 Å². The molecule has 1 saturated carbocycles. The number of guanidine groups is 1. The summed E-state index contributed by atoms with van der Waals surface area (Å²) >= 11 is 0. The van der Waals surface area contributed by atoms with Gasteiger partial charge in [-0.15, -0.1) is 0 Å². The summed E-state index contributed by atoms with van der Waals surface area (Å²) in [5.74, 6) is 2.23. The molecule has 2 rings (SSSR count). The van der Waals surface area contributed by atoms with Gasteiger partial charge in [0.15, 0.2) is 5.96 Å². The maximum Gasteiger partial charge on any atom is 0.188 e. The van der Waals surface area contributed by atoms with Crippen LogP contribution in [-0.2, 0) is 0 Å². The van der Waals surface area contributed by atoms with E-state index in [9.17, 15) is 0 Å². The number of hydrogen-bond acceptors (Lipinski definition) is 2. The normalized spacial score (nSPS) is 23.3. The Balaban J connectivity index is 1.57. The Bertz CT molecular complexity index is 278. The lowest BCUT2D eigenvalue weighted by atomic mass is 9.86.